The van der Waals surface area contributed by atoms with Gasteiger partial charge in [-0.1, -0.05) is 12.8 Å². The van der Waals surface area contributed by atoms with Crippen molar-refractivity contribution in [2.45, 2.75) is 75.2 Å². The summed E-state index contributed by atoms with van der Waals surface area (Å²) in [6, 6.07) is 0.670. The second-order valence-electron chi connectivity index (χ2n) is 6.10. The fourth-order valence-electron chi connectivity index (χ4n) is 3.65. The first-order valence-electron chi connectivity index (χ1n) is 7.24. The Morgan fingerprint density at radius 2 is 2.00 bits per heavy atom. The van der Waals surface area contributed by atoms with Gasteiger partial charge in [0.05, 0.1) is 17.8 Å². The summed E-state index contributed by atoms with van der Waals surface area (Å²) in [4.78, 5) is 0. The van der Waals surface area contributed by atoms with Crippen LogP contribution in [0.2, 0.25) is 0 Å². The highest BCUT2D eigenvalue weighted by Gasteiger charge is 2.42. The predicted octanol–water partition coefficient (Wildman–Crippen LogP) is 2.25. The van der Waals surface area contributed by atoms with E-state index in [0.717, 1.165) is 6.54 Å². The van der Waals surface area contributed by atoms with Gasteiger partial charge in [0.1, 0.15) is 0 Å². The quantitative estimate of drug-likeness (QED) is 0.816. The highest BCUT2D eigenvalue weighted by atomic mass is 16.5. The van der Waals surface area contributed by atoms with Gasteiger partial charge < -0.3 is 14.8 Å². The standard InChI is InChI=1S/C14H25NO2/c1-16-13-8-11(9-13)15-10-12-4-7-14(17-12)5-2-3-6-14/h11-13,15H,2-10H2,1H3. The van der Waals surface area contributed by atoms with Gasteiger partial charge in [-0.25, -0.2) is 0 Å². The van der Waals surface area contributed by atoms with Crippen LogP contribution in [-0.2, 0) is 9.47 Å². The van der Waals surface area contributed by atoms with E-state index in [1.807, 2.05) is 7.11 Å². The van der Waals surface area contributed by atoms with E-state index in [4.69, 9.17) is 9.47 Å². The molecule has 17 heavy (non-hydrogen) atoms. The fraction of sp³-hybridized carbons (Fsp3) is 1.00. The van der Waals surface area contributed by atoms with Crippen LogP contribution in [0.3, 0.4) is 0 Å². The third-order valence-corrected chi connectivity index (χ3v) is 4.92. The zero-order chi connectivity index (χ0) is 11.7. The molecule has 0 radical (unpaired) electrons. The predicted molar refractivity (Wildman–Crippen MR) is 67.1 cm³/mol. The molecular formula is C14H25NO2. The minimum absolute atomic E-state index is 0.293. The van der Waals surface area contributed by atoms with Crippen molar-refractivity contribution in [1.29, 1.82) is 0 Å². The molecule has 1 aliphatic heterocycles. The SMILES string of the molecule is COC1CC(NCC2CCC3(CCCC3)O2)C1. The molecule has 1 unspecified atom stereocenters. The van der Waals surface area contributed by atoms with Crippen LogP contribution in [0.1, 0.15) is 51.4 Å². The minimum Gasteiger partial charge on any atom is -0.381 e. The smallest absolute Gasteiger partial charge is 0.0708 e. The molecular weight excluding hydrogens is 214 g/mol. The number of hydrogen-bond acceptors (Lipinski definition) is 3. The van der Waals surface area contributed by atoms with Crippen molar-refractivity contribution in [2.24, 2.45) is 0 Å². The molecule has 1 heterocycles. The lowest BCUT2D eigenvalue weighted by Crippen LogP contribution is -2.47. The Bertz CT molecular complexity index is 257. The number of rotatable bonds is 4. The Morgan fingerprint density at radius 1 is 1.24 bits per heavy atom. The lowest BCUT2D eigenvalue weighted by atomic mass is 9.89. The molecule has 1 saturated heterocycles. The van der Waals surface area contributed by atoms with Crippen LogP contribution in [0.15, 0.2) is 0 Å². The monoisotopic (exact) mass is 239 g/mol. The molecule has 0 bridgehead atoms. The van der Waals surface area contributed by atoms with E-state index in [0.29, 0.717) is 23.9 Å². The summed E-state index contributed by atoms with van der Waals surface area (Å²) < 4.78 is 11.6. The summed E-state index contributed by atoms with van der Waals surface area (Å²) in [7, 11) is 1.81. The van der Waals surface area contributed by atoms with E-state index in [1.165, 1.54) is 51.4 Å². The van der Waals surface area contributed by atoms with Crippen LogP contribution < -0.4 is 5.32 Å². The Morgan fingerprint density at radius 3 is 2.71 bits per heavy atom. The van der Waals surface area contributed by atoms with Crippen LogP contribution in [0.5, 0.6) is 0 Å². The average molecular weight is 239 g/mol. The maximum Gasteiger partial charge on any atom is 0.0708 e. The van der Waals surface area contributed by atoms with Crippen LogP contribution in [0.4, 0.5) is 0 Å². The molecule has 2 saturated carbocycles. The first-order valence-corrected chi connectivity index (χ1v) is 7.24. The number of ether oxygens (including phenoxy) is 2. The molecule has 0 aromatic rings. The van der Waals surface area contributed by atoms with E-state index >= 15 is 0 Å². The Kier molecular flexibility index (Phi) is 3.42. The van der Waals surface area contributed by atoms with Gasteiger partial charge in [0.2, 0.25) is 0 Å². The maximum absolute atomic E-state index is 6.29. The van der Waals surface area contributed by atoms with E-state index in [2.05, 4.69) is 5.32 Å². The summed E-state index contributed by atoms with van der Waals surface area (Å²) in [6.45, 7) is 1.04. The summed E-state index contributed by atoms with van der Waals surface area (Å²) in [5.74, 6) is 0. The van der Waals surface area contributed by atoms with E-state index in [9.17, 15) is 0 Å². The van der Waals surface area contributed by atoms with E-state index < -0.39 is 0 Å². The first-order chi connectivity index (χ1) is 8.30. The first kappa shape index (κ1) is 11.9. The molecule has 0 aromatic heterocycles. The largest absolute Gasteiger partial charge is 0.381 e. The number of hydrogen-bond donors (Lipinski definition) is 1. The number of nitrogens with one attached hydrogen (secondary N) is 1. The molecule has 3 heteroatoms. The van der Waals surface area contributed by atoms with E-state index in [-0.39, 0.29) is 0 Å². The van der Waals surface area contributed by atoms with Gasteiger partial charge in [-0.05, 0) is 38.5 Å². The third kappa shape index (κ3) is 2.51. The van der Waals surface area contributed by atoms with Crippen molar-refractivity contribution < 1.29 is 9.47 Å². The van der Waals surface area contributed by atoms with Gasteiger partial charge in [0, 0.05) is 19.7 Å². The summed E-state index contributed by atoms with van der Waals surface area (Å²) in [5.41, 5.74) is 0.293. The second kappa shape index (κ2) is 4.87. The van der Waals surface area contributed by atoms with Crippen molar-refractivity contribution in [3.8, 4) is 0 Å². The molecule has 1 atom stereocenters. The molecule has 0 aromatic carbocycles. The Labute approximate surface area is 104 Å². The zero-order valence-corrected chi connectivity index (χ0v) is 10.9. The van der Waals surface area contributed by atoms with Crippen molar-refractivity contribution in [3.05, 3.63) is 0 Å². The van der Waals surface area contributed by atoms with E-state index in [1.54, 1.807) is 0 Å². The van der Waals surface area contributed by atoms with Crippen molar-refractivity contribution in [2.75, 3.05) is 13.7 Å². The molecule has 3 aliphatic rings. The van der Waals surface area contributed by atoms with Gasteiger partial charge in [-0.3, -0.25) is 0 Å². The van der Waals surface area contributed by atoms with Gasteiger partial charge in [-0.2, -0.15) is 0 Å². The van der Waals surface area contributed by atoms with Gasteiger partial charge in [-0.15, -0.1) is 0 Å². The average Bonchev–Trinajstić information content (AvgIpc) is 2.88. The second-order valence-corrected chi connectivity index (χ2v) is 6.10. The molecule has 3 nitrogen and oxygen atoms in total. The molecule has 1 N–H and O–H groups in total. The van der Waals surface area contributed by atoms with Crippen LogP contribution in [-0.4, -0.2) is 37.5 Å². The topological polar surface area (TPSA) is 30.5 Å². The van der Waals surface area contributed by atoms with Crippen molar-refractivity contribution in [3.63, 3.8) is 0 Å². The molecule has 3 fully saturated rings. The molecule has 1 spiro atoms. The van der Waals surface area contributed by atoms with Crippen LogP contribution >= 0.6 is 0 Å². The molecule has 2 aliphatic carbocycles. The third-order valence-electron chi connectivity index (χ3n) is 4.92. The fourth-order valence-corrected chi connectivity index (χ4v) is 3.65. The lowest BCUT2D eigenvalue weighted by Gasteiger charge is -2.35. The normalized spacial score (nSPS) is 39.7. The summed E-state index contributed by atoms with van der Waals surface area (Å²) >= 11 is 0. The summed E-state index contributed by atoms with van der Waals surface area (Å²) in [6.07, 6.45) is 11.2. The van der Waals surface area contributed by atoms with Crippen LogP contribution in [0, 0.1) is 0 Å². The maximum atomic E-state index is 6.29. The van der Waals surface area contributed by atoms with Gasteiger partial charge in [0.25, 0.3) is 0 Å². The highest BCUT2D eigenvalue weighted by molar-refractivity contribution is 4.94. The molecule has 0 amide bonds. The molecule has 98 valence electrons. The van der Waals surface area contributed by atoms with Crippen molar-refractivity contribution >= 4 is 0 Å². The Balaban J connectivity index is 1.37. The van der Waals surface area contributed by atoms with Crippen LogP contribution in [0.25, 0.3) is 0 Å². The minimum atomic E-state index is 0.293. The van der Waals surface area contributed by atoms with Crippen molar-refractivity contribution in [1.82, 2.24) is 5.32 Å². The summed E-state index contributed by atoms with van der Waals surface area (Å²) in [5, 5.41) is 3.63. The van der Waals surface area contributed by atoms with Gasteiger partial charge >= 0.3 is 0 Å². The Hall–Kier alpha value is -0.120. The lowest BCUT2D eigenvalue weighted by molar-refractivity contribution is -0.0407. The number of methoxy groups -OCH3 is 1. The molecule has 3 rings (SSSR count). The van der Waals surface area contributed by atoms with Gasteiger partial charge in [0.15, 0.2) is 0 Å². The zero-order valence-electron chi connectivity index (χ0n) is 10.9. The highest BCUT2D eigenvalue weighted by Crippen LogP contribution is 2.43.